The average Bonchev–Trinajstić information content (AvgIpc) is 2.93. The molecule has 192 valence electrons. The third-order valence-corrected chi connectivity index (χ3v) is 7.09. The molecule has 0 saturated heterocycles. The summed E-state index contributed by atoms with van der Waals surface area (Å²) in [5.41, 5.74) is 6.15. The number of hydrogen-bond acceptors (Lipinski definition) is 4. The van der Waals surface area contributed by atoms with Crippen molar-refractivity contribution in [2.24, 2.45) is 0 Å². The first-order chi connectivity index (χ1) is 18.5. The molecule has 2 amide bonds. The molecule has 0 spiro atoms. The molecule has 38 heavy (non-hydrogen) atoms. The van der Waals surface area contributed by atoms with Gasteiger partial charge in [0, 0.05) is 21.3 Å². The van der Waals surface area contributed by atoms with Crippen LogP contribution in [0.3, 0.4) is 0 Å². The van der Waals surface area contributed by atoms with Crippen molar-refractivity contribution in [1.29, 1.82) is 0 Å². The Bertz CT molecular complexity index is 1480. The number of carbonyl (C=O) groups excluding carboxylic acids is 2. The van der Waals surface area contributed by atoms with Crippen molar-refractivity contribution in [3.8, 4) is 0 Å². The van der Waals surface area contributed by atoms with Crippen molar-refractivity contribution in [3.63, 3.8) is 0 Å². The summed E-state index contributed by atoms with van der Waals surface area (Å²) in [5, 5.41) is 10.5. The summed E-state index contributed by atoms with van der Waals surface area (Å²) in [6.07, 6.45) is 0. The van der Waals surface area contributed by atoms with E-state index in [0.717, 1.165) is 5.56 Å². The molecule has 5 rings (SSSR count). The van der Waals surface area contributed by atoms with Crippen LogP contribution in [-0.2, 0) is 22.8 Å². The van der Waals surface area contributed by atoms with Crippen molar-refractivity contribution in [2.45, 2.75) is 25.2 Å². The topological polar surface area (TPSA) is 78.9 Å². The van der Waals surface area contributed by atoms with Gasteiger partial charge in [-0.15, -0.1) is 0 Å². The van der Waals surface area contributed by atoms with Crippen LogP contribution < -0.4 is 10.4 Å². The third-order valence-electron chi connectivity index (χ3n) is 6.53. The van der Waals surface area contributed by atoms with Crippen molar-refractivity contribution in [1.82, 2.24) is 5.48 Å². The van der Waals surface area contributed by atoms with Crippen molar-refractivity contribution in [2.75, 3.05) is 4.90 Å². The van der Waals surface area contributed by atoms with Gasteiger partial charge in [0.15, 0.2) is 0 Å². The molecule has 4 aromatic rings. The maximum absolute atomic E-state index is 14.0. The molecule has 0 saturated carbocycles. The third kappa shape index (κ3) is 5.17. The molecule has 2 atom stereocenters. The van der Waals surface area contributed by atoms with Crippen molar-refractivity contribution >= 4 is 40.7 Å². The number of fused-ring (bicyclic) bond motifs is 1. The second-order valence-corrected chi connectivity index (χ2v) is 9.76. The van der Waals surface area contributed by atoms with E-state index >= 15 is 0 Å². The van der Waals surface area contributed by atoms with E-state index in [0.29, 0.717) is 38.0 Å². The number of halogens is 2. The monoisotopic (exact) mass is 546 g/mol. The van der Waals surface area contributed by atoms with Crippen molar-refractivity contribution in [3.05, 3.63) is 135 Å². The van der Waals surface area contributed by atoms with E-state index in [4.69, 9.17) is 28.0 Å². The zero-order valence-corrected chi connectivity index (χ0v) is 21.7. The Labute approximate surface area is 230 Å². The Balaban J connectivity index is 1.62. The number of aliphatic hydroxyl groups is 1. The molecule has 4 aromatic carbocycles. The van der Waals surface area contributed by atoms with Gasteiger partial charge in [-0.1, -0.05) is 89.9 Å². The fraction of sp³-hybridized carbons (Fsp3) is 0.133. The molecular weight excluding hydrogens is 523 g/mol. The number of amides is 2. The van der Waals surface area contributed by atoms with Gasteiger partial charge in [-0.3, -0.25) is 19.3 Å². The van der Waals surface area contributed by atoms with E-state index in [2.05, 4.69) is 5.48 Å². The molecule has 0 aliphatic carbocycles. The Hall–Kier alpha value is -3.68. The first kappa shape index (κ1) is 25.9. The summed E-state index contributed by atoms with van der Waals surface area (Å²) in [6.45, 7) is -0.0232. The van der Waals surface area contributed by atoms with Gasteiger partial charge in [0.2, 0.25) is 0 Å². The molecule has 1 heterocycles. The summed E-state index contributed by atoms with van der Waals surface area (Å²) in [7, 11) is 0. The SMILES string of the molecule is O=C(NOCc1ccccc1)[C@@H]1c2ccccc2C(=O)N(c2cccc(CO)c2)[C@H]1c1ccc(Cl)cc1Cl. The first-order valence-corrected chi connectivity index (χ1v) is 12.8. The summed E-state index contributed by atoms with van der Waals surface area (Å²) in [6, 6.07) is 27.7. The number of hydroxylamine groups is 1. The van der Waals surface area contributed by atoms with Crippen LogP contribution in [-0.4, -0.2) is 16.9 Å². The Kier molecular flexibility index (Phi) is 7.77. The zero-order valence-electron chi connectivity index (χ0n) is 20.2. The van der Waals surface area contributed by atoms with Gasteiger partial charge in [-0.05, 0) is 52.6 Å². The number of rotatable bonds is 7. The van der Waals surface area contributed by atoms with Gasteiger partial charge in [-0.25, -0.2) is 5.48 Å². The Morgan fingerprint density at radius 2 is 1.61 bits per heavy atom. The molecule has 2 N–H and O–H groups in total. The standard InChI is InChI=1S/C30H24Cl2N2O4/c31-21-13-14-25(26(32)16-21)28-27(29(36)33-38-18-19-7-2-1-3-8-19)23-11-4-5-12-24(23)30(37)34(28)22-10-6-9-20(15-22)17-35/h1-16,27-28,35H,17-18H2,(H,33,36)/t27-,28+/m1/s1. The average molecular weight is 547 g/mol. The maximum Gasteiger partial charge on any atom is 0.259 e. The Morgan fingerprint density at radius 3 is 2.37 bits per heavy atom. The minimum absolute atomic E-state index is 0.175. The molecule has 0 unspecified atom stereocenters. The molecule has 1 aliphatic rings. The molecule has 6 nitrogen and oxygen atoms in total. The van der Waals surface area contributed by atoms with Crippen LogP contribution in [0.5, 0.6) is 0 Å². The first-order valence-electron chi connectivity index (χ1n) is 12.0. The lowest BCUT2D eigenvalue weighted by molar-refractivity contribution is -0.136. The van der Waals surface area contributed by atoms with E-state index in [-0.39, 0.29) is 19.1 Å². The van der Waals surface area contributed by atoms with Crippen LogP contribution >= 0.6 is 23.2 Å². The predicted octanol–water partition coefficient (Wildman–Crippen LogP) is 6.22. The van der Waals surface area contributed by atoms with Crippen LogP contribution in [0.4, 0.5) is 5.69 Å². The van der Waals surface area contributed by atoms with Crippen LogP contribution in [0.25, 0.3) is 0 Å². The van der Waals surface area contributed by atoms with E-state index in [1.165, 1.54) is 0 Å². The predicted molar refractivity (Wildman–Crippen MR) is 147 cm³/mol. The van der Waals surface area contributed by atoms with Gasteiger partial charge in [0.05, 0.1) is 25.2 Å². The molecular formula is C30H24Cl2N2O4. The van der Waals surface area contributed by atoms with Gasteiger partial charge in [-0.2, -0.15) is 0 Å². The minimum atomic E-state index is -0.865. The lowest BCUT2D eigenvalue weighted by atomic mass is 9.79. The second kappa shape index (κ2) is 11.4. The summed E-state index contributed by atoms with van der Waals surface area (Å²) < 4.78 is 0. The quantitative estimate of drug-likeness (QED) is 0.270. The highest BCUT2D eigenvalue weighted by Gasteiger charge is 2.45. The fourth-order valence-corrected chi connectivity index (χ4v) is 5.31. The summed E-state index contributed by atoms with van der Waals surface area (Å²) in [5.74, 6) is -1.59. The number of nitrogens with zero attached hydrogens (tertiary/aromatic N) is 1. The van der Waals surface area contributed by atoms with E-state index < -0.39 is 17.9 Å². The highest BCUT2D eigenvalue weighted by Crippen LogP contribution is 2.47. The molecule has 1 aliphatic heterocycles. The van der Waals surface area contributed by atoms with Crippen LogP contribution in [0.2, 0.25) is 10.0 Å². The second-order valence-electron chi connectivity index (χ2n) is 8.92. The molecule has 0 bridgehead atoms. The fourth-order valence-electron chi connectivity index (χ4n) is 4.79. The minimum Gasteiger partial charge on any atom is -0.392 e. The highest BCUT2D eigenvalue weighted by molar-refractivity contribution is 6.35. The number of carbonyl (C=O) groups is 2. The van der Waals surface area contributed by atoms with Crippen molar-refractivity contribution < 1.29 is 19.5 Å². The number of anilines is 1. The molecule has 0 fully saturated rings. The van der Waals surface area contributed by atoms with Crippen LogP contribution in [0.15, 0.2) is 97.1 Å². The highest BCUT2D eigenvalue weighted by atomic mass is 35.5. The zero-order chi connectivity index (χ0) is 26.6. The smallest absolute Gasteiger partial charge is 0.259 e. The number of nitrogens with one attached hydrogen (secondary N) is 1. The van der Waals surface area contributed by atoms with Gasteiger partial charge in [0.1, 0.15) is 0 Å². The van der Waals surface area contributed by atoms with E-state index in [1.807, 2.05) is 30.3 Å². The summed E-state index contributed by atoms with van der Waals surface area (Å²) in [4.78, 5) is 35.0. The number of benzene rings is 4. The van der Waals surface area contributed by atoms with Gasteiger partial charge in [0.25, 0.3) is 11.8 Å². The van der Waals surface area contributed by atoms with E-state index in [9.17, 15) is 14.7 Å². The van der Waals surface area contributed by atoms with Gasteiger partial charge >= 0.3 is 0 Å². The molecule has 8 heteroatoms. The molecule has 0 radical (unpaired) electrons. The maximum atomic E-state index is 14.0. The van der Waals surface area contributed by atoms with Gasteiger partial charge < -0.3 is 5.11 Å². The lowest BCUT2D eigenvalue weighted by Gasteiger charge is -2.42. The number of aliphatic hydroxyl groups excluding tert-OH is 1. The van der Waals surface area contributed by atoms with Crippen LogP contribution in [0.1, 0.15) is 44.6 Å². The lowest BCUT2D eigenvalue weighted by Crippen LogP contribution is -2.47. The summed E-state index contributed by atoms with van der Waals surface area (Å²) >= 11 is 12.9. The number of hydrogen-bond donors (Lipinski definition) is 2. The largest absolute Gasteiger partial charge is 0.392 e. The van der Waals surface area contributed by atoms with E-state index in [1.54, 1.807) is 71.6 Å². The molecule has 0 aromatic heterocycles. The Morgan fingerprint density at radius 1 is 0.868 bits per heavy atom. The normalized spacial score (nSPS) is 16.7. The van der Waals surface area contributed by atoms with Crippen LogP contribution in [0, 0.1) is 0 Å².